The van der Waals surface area contributed by atoms with Crippen molar-refractivity contribution in [3.05, 3.63) is 105 Å². The van der Waals surface area contributed by atoms with E-state index >= 15 is 0 Å². The highest BCUT2D eigenvalue weighted by Crippen LogP contribution is 2.42. The topological polar surface area (TPSA) is 476 Å². The number of carbonyl (C=O) groups excluding carboxylic acids is 14. The minimum atomic E-state index is -4.65. The van der Waals surface area contributed by atoms with Crippen molar-refractivity contribution in [3.63, 3.8) is 0 Å². The number of fused-ring (bicyclic) bond motifs is 40. The maximum Gasteiger partial charge on any atom is 0.416 e. The van der Waals surface area contributed by atoms with Crippen molar-refractivity contribution in [2.75, 3.05) is 147 Å². The van der Waals surface area contributed by atoms with Crippen molar-refractivity contribution in [1.29, 1.82) is 0 Å². The van der Waals surface area contributed by atoms with E-state index in [1.807, 2.05) is 13.0 Å². The molecule has 9 N–H and O–H groups in total. The van der Waals surface area contributed by atoms with Crippen LogP contribution in [0.25, 0.3) is 0 Å². The number of aliphatic hydroxyl groups excluding tert-OH is 1. The fourth-order valence-electron chi connectivity index (χ4n) is 14.4. The third-order valence-corrected chi connectivity index (χ3v) is 23.0. The first-order valence-electron chi connectivity index (χ1n) is 42.0. The van der Waals surface area contributed by atoms with Gasteiger partial charge >= 0.3 is 6.09 Å². The van der Waals surface area contributed by atoms with Crippen LogP contribution in [-0.4, -0.2) is 269 Å². The summed E-state index contributed by atoms with van der Waals surface area (Å²) >= 11 is 3.05. The number of Topliss-reactive ketones (excluding diaryl/α,β-unsaturated/α-hetero) is 3. The SMILES string of the molecule is COCCOCCC(=O)CCCCC[C@@H]1NC(=O)[C@H](C)CC(=O)CNC(=O)C(Br)=CC(=O)NCCNC(=O)[C@@H](C)CC(=O)[C@@H](CCCCNC(=O)CCOCCOC)NC(=O)CNS(=O)(=O)CC(=O)N2C[C@@H]3C=C(C)CN3C(=O)c3cc(C)c(cc32)OCCCCCOc2cc3c(cc2OC)C(=O)N2CC(C)=C[C@H]2C(O)N3C(=O)OCc2ccc(cc2)NC1=O. The van der Waals surface area contributed by atoms with Gasteiger partial charge in [-0.3, -0.25) is 62.3 Å². The van der Waals surface area contributed by atoms with E-state index < -0.39 is 148 Å². The summed E-state index contributed by atoms with van der Waals surface area (Å²) in [5.41, 5.74) is 3.05. The molecule has 6 aliphatic heterocycles. The van der Waals surface area contributed by atoms with Crippen molar-refractivity contribution in [2.45, 2.75) is 168 Å². The second kappa shape index (κ2) is 50.0. The second-order valence-electron chi connectivity index (χ2n) is 31.3. The van der Waals surface area contributed by atoms with Gasteiger partial charge in [0.05, 0.1) is 125 Å². The maximum atomic E-state index is 14.6. The van der Waals surface area contributed by atoms with Crippen LogP contribution in [0.5, 0.6) is 17.2 Å². The highest BCUT2D eigenvalue weighted by atomic mass is 79.9. The Morgan fingerprint density at radius 3 is 1.99 bits per heavy atom. The average molecular weight is 1830 g/mol. The number of unbranched alkanes of at least 4 members (excludes halogenated alkanes) is 3. The van der Waals surface area contributed by atoms with E-state index in [4.69, 9.17) is 37.9 Å². The number of ether oxygens (including phenoxy) is 8. The standard InChI is InChI=1S/C86H117BrN12O25S/c1-53-37-60-50-97-68-44-72(55(3)40-63(68)83(111)96(60)48-53)122-29-15-10-16-30-123-74-45-69-64(42-73(74)119-8)84(112)98-49-54(2)38-70(98)85(113)99(69)86(114)124-51-58-20-22-59(23-21-58)93-82(110)67(19-12-9-11-17-61(100)24-31-120-35-33-117-6)95-80(108)56(4)39-62(101)46-91-81(109)65(87)43-76(104)89-27-28-90-79(107)57(5)41-71(102)66(94-77(105)47-92-125(115,116)52-78(97)106)18-13-14-26-88-75(103)25-32-121-36-34-118-7/h20-23,37-38,40,42-45,56-57,60,66-67,70,85,92,113H,9-19,24-36,39,41,46-52H2,1-8H3,(H,88,103)(H,89,104)(H,90,107)(H,91,109)(H,93,110)(H,94,105)(H,95,108)/t56-,57+,60+,66-,67+,70+,85?/m1/s1. The van der Waals surface area contributed by atoms with Crippen LogP contribution in [0.1, 0.15) is 156 Å². The van der Waals surface area contributed by atoms with Gasteiger partial charge in [0, 0.05) is 115 Å². The Bertz CT molecular complexity index is 4580. The second-order valence-corrected chi connectivity index (χ2v) is 34.0. The number of aryl methyl sites for hydroxylation is 1. The molecule has 0 spiro atoms. The molecule has 6 bridgehead atoms. The zero-order chi connectivity index (χ0) is 90.9. The number of nitrogens with one attached hydrogen (secondary N) is 8. The number of hydrogen-bond acceptors (Lipinski definition) is 25. The molecule has 0 saturated heterocycles. The van der Waals surface area contributed by atoms with E-state index in [0.717, 1.165) is 22.1 Å². The molecule has 0 aromatic heterocycles. The van der Waals surface area contributed by atoms with Crippen molar-refractivity contribution in [1.82, 2.24) is 46.4 Å². The van der Waals surface area contributed by atoms with E-state index in [-0.39, 0.29) is 173 Å². The number of carbonyl (C=O) groups is 14. The molecule has 3 aromatic carbocycles. The Balaban J connectivity index is 0.999. The van der Waals surface area contributed by atoms with Crippen LogP contribution in [0.15, 0.2) is 82.4 Å². The highest BCUT2D eigenvalue weighted by molar-refractivity contribution is 9.12. The van der Waals surface area contributed by atoms with Gasteiger partial charge in [0.2, 0.25) is 51.4 Å². The third-order valence-electron chi connectivity index (χ3n) is 21.2. The zero-order valence-corrected chi connectivity index (χ0v) is 74.4. The zero-order valence-electron chi connectivity index (χ0n) is 72.0. The molecule has 0 saturated carbocycles. The Kier molecular flexibility index (Phi) is 39.9. The first kappa shape index (κ1) is 99.9. The van der Waals surface area contributed by atoms with Crippen LogP contribution in [0.2, 0.25) is 0 Å². The molecule has 39 heteroatoms. The van der Waals surface area contributed by atoms with Gasteiger partial charge in [0.25, 0.3) is 17.7 Å². The Morgan fingerprint density at radius 1 is 0.640 bits per heavy atom. The van der Waals surface area contributed by atoms with Gasteiger partial charge < -0.3 is 94.9 Å². The molecular formula is C86H117BrN12O25S. The van der Waals surface area contributed by atoms with Gasteiger partial charge in [-0.15, -0.1) is 0 Å². The van der Waals surface area contributed by atoms with Crippen LogP contribution in [0, 0.1) is 18.8 Å². The number of anilines is 3. The molecule has 684 valence electrons. The number of sulfonamides is 1. The van der Waals surface area contributed by atoms with Crippen LogP contribution in [0.4, 0.5) is 21.9 Å². The summed E-state index contributed by atoms with van der Waals surface area (Å²) in [5, 5.41) is 30.6. The third kappa shape index (κ3) is 30.9. The summed E-state index contributed by atoms with van der Waals surface area (Å²) < 4.78 is 74.8. The summed E-state index contributed by atoms with van der Waals surface area (Å²) in [6.07, 6.45) is 5.01. The molecule has 3 aromatic rings. The van der Waals surface area contributed by atoms with Gasteiger partial charge in [0.1, 0.15) is 29.9 Å². The predicted molar refractivity (Wildman–Crippen MR) is 461 cm³/mol. The Morgan fingerprint density at radius 2 is 1.28 bits per heavy atom. The largest absolute Gasteiger partial charge is 0.493 e. The first-order chi connectivity index (χ1) is 59.8. The minimum absolute atomic E-state index is 0.00612. The number of ketones is 3. The van der Waals surface area contributed by atoms with Crippen LogP contribution >= 0.6 is 15.9 Å². The Hall–Kier alpha value is -10.6. The smallest absolute Gasteiger partial charge is 0.416 e. The van der Waals surface area contributed by atoms with Crippen LogP contribution < -0.4 is 66.0 Å². The molecule has 6 aliphatic rings. The van der Waals surface area contributed by atoms with Gasteiger partial charge in [-0.2, -0.15) is 0 Å². The lowest BCUT2D eigenvalue weighted by atomic mass is 9.96. The predicted octanol–water partition coefficient (Wildman–Crippen LogP) is 4.57. The summed E-state index contributed by atoms with van der Waals surface area (Å²) in [7, 11) is -0.207. The van der Waals surface area contributed by atoms with Crippen LogP contribution in [0.3, 0.4) is 0 Å². The number of methoxy groups -OCH3 is 3. The molecule has 1 unspecified atom stereocenters. The number of amides is 11. The molecule has 125 heavy (non-hydrogen) atoms. The summed E-state index contributed by atoms with van der Waals surface area (Å²) in [4.78, 5) is 197. The molecule has 37 nitrogen and oxygen atoms in total. The molecule has 0 fully saturated rings. The molecule has 0 aliphatic carbocycles. The summed E-state index contributed by atoms with van der Waals surface area (Å²) in [5.74, 6) is -10.5. The molecular weight excluding hydrogens is 1710 g/mol. The van der Waals surface area contributed by atoms with E-state index in [2.05, 4.69) is 57.9 Å². The molecule has 9 rings (SSSR count). The van der Waals surface area contributed by atoms with Crippen molar-refractivity contribution < 1.29 is 119 Å². The van der Waals surface area contributed by atoms with E-state index in [9.17, 15) is 80.6 Å². The van der Waals surface area contributed by atoms with Gasteiger partial charge in [-0.25, -0.2) is 22.8 Å². The fourth-order valence-corrected chi connectivity index (χ4v) is 15.7. The number of aliphatic hydroxyl groups is 1. The maximum absolute atomic E-state index is 14.6. The number of halogens is 1. The monoisotopic (exact) mass is 1830 g/mol. The minimum Gasteiger partial charge on any atom is -0.493 e. The van der Waals surface area contributed by atoms with E-state index in [0.29, 0.717) is 88.2 Å². The summed E-state index contributed by atoms with van der Waals surface area (Å²) in [6, 6.07) is 8.16. The summed E-state index contributed by atoms with van der Waals surface area (Å²) in [6.45, 7) is 8.57. The molecule has 7 atom stereocenters. The van der Waals surface area contributed by atoms with E-state index in [1.54, 1.807) is 62.3 Å². The van der Waals surface area contributed by atoms with Gasteiger partial charge in [-0.1, -0.05) is 62.1 Å². The molecule has 11 amide bonds. The number of hydrogen-bond donors (Lipinski definition) is 9. The normalized spacial score (nSPS) is 22.0. The Labute approximate surface area is 735 Å². The fraction of sp³-hybridized carbons (Fsp3) is 0.558. The van der Waals surface area contributed by atoms with Crippen molar-refractivity contribution in [2.24, 2.45) is 11.8 Å². The van der Waals surface area contributed by atoms with Gasteiger partial charge in [0.15, 0.2) is 29.3 Å². The number of nitrogens with zero attached hydrogens (tertiary/aromatic N) is 4. The highest BCUT2D eigenvalue weighted by Gasteiger charge is 2.46. The lowest BCUT2D eigenvalue weighted by Crippen LogP contribution is -2.50. The lowest BCUT2D eigenvalue weighted by Gasteiger charge is -2.31. The average Bonchev–Trinajstić information content (AvgIpc) is 1.64. The molecule has 6 heterocycles. The lowest BCUT2D eigenvalue weighted by molar-refractivity contribution is -0.131. The van der Waals surface area contributed by atoms with Gasteiger partial charge in [-0.05, 0) is 123 Å². The number of benzene rings is 3. The quantitative estimate of drug-likeness (QED) is 0.0438. The first-order valence-corrected chi connectivity index (χ1v) is 44.4. The van der Waals surface area contributed by atoms with E-state index in [1.165, 1.54) is 56.1 Å². The number of rotatable bonds is 24. The van der Waals surface area contributed by atoms with Crippen molar-refractivity contribution >= 4 is 126 Å². The molecule has 0 radical (unpaired) electrons. The van der Waals surface area contributed by atoms with Crippen LogP contribution in [-0.2, 0) is 93.1 Å². The van der Waals surface area contributed by atoms with Crippen molar-refractivity contribution in [3.8, 4) is 17.2 Å².